The lowest BCUT2D eigenvalue weighted by Gasteiger charge is -2.32. The fourth-order valence-corrected chi connectivity index (χ4v) is 8.56. The van der Waals surface area contributed by atoms with Crippen LogP contribution in [-0.2, 0) is 5.41 Å². The minimum atomic E-state index is -0.395. The summed E-state index contributed by atoms with van der Waals surface area (Å²) in [6, 6.07) is 67.5. The van der Waals surface area contributed by atoms with Crippen molar-refractivity contribution in [2.75, 3.05) is 4.90 Å². The van der Waals surface area contributed by atoms with Crippen LogP contribution in [0, 0.1) is 0 Å². The van der Waals surface area contributed by atoms with Crippen molar-refractivity contribution < 1.29 is 0 Å². The van der Waals surface area contributed by atoms with Crippen LogP contribution in [0.1, 0.15) is 22.3 Å². The number of benzene rings is 8. The third kappa shape index (κ3) is 4.07. The molecule has 0 aromatic heterocycles. The topological polar surface area (TPSA) is 3.24 Å². The molecule has 0 heterocycles. The smallest absolute Gasteiger partial charge is 0.139 e. The summed E-state index contributed by atoms with van der Waals surface area (Å²) in [7, 11) is 2.14. The van der Waals surface area contributed by atoms with E-state index < -0.39 is 5.41 Å². The highest BCUT2D eigenvalue weighted by Crippen LogP contribution is 2.63. The molecule has 1 spiro atoms. The largest absolute Gasteiger partial charge is 0.310 e. The lowest BCUT2D eigenvalue weighted by Crippen LogP contribution is -2.26. The maximum atomic E-state index is 2.47. The molecule has 2 heteroatoms. The molecule has 0 unspecified atom stereocenters. The Kier molecular flexibility index (Phi) is 6.10. The fraction of sp³-hybridized carbons (Fsp3) is 0.0213. The molecule has 0 atom stereocenters. The van der Waals surface area contributed by atoms with E-state index >= 15 is 0 Å². The number of hydrogen-bond acceptors (Lipinski definition) is 1. The Morgan fingerprint density at radius 1 is 0.347 bits per heavy atom. The van der Waals surface area contributed by atoms with Crippen LogP contribution in [0.3, 0.4) is 0 Å². The van der Waals surface area contributed by atoms with Crippen molar-refractivity contribution in [2.24, 2.45) is 0 Å². The molecule has 8 aromatic carbocycles. The van der Waals surface area contributed by atoms with Crippen LogP contribution >= 0.6 is 0 Å². The summed E-state index contributed by atoms with van der Waals surface area (Å²) in [5.41, 5.74) is 17.4. The zero-order valence-corrected chi connectivity index (χ0v) is 27.3. The first kappa shape index (κ1) is 27.9. The average Bonchev–Trinajstić information content (AvgIpc) is 3.63. The van der Waals surface area contributed by atoms with Crippen LogP contribution in [-0.4, -0.2) is 7.85 Å². The fourth-order valence-electron chi connectivity index (χ4n) is 8.56. The summed E-state index contributed by atoms with van der Waals surface area (Å²) in [6.07, 6.45) is 0. The van der Waals surface area contributed by atoms with Gasteiger partial charge in [0.25, 0.3) is 0 Å². The van der Waals surface area contributed by atoms with E-state index in [9.17, 15) is 0 Å². The van der Waals surface area contributed by atoms with Gasteiger partial charge in [-0.1, -0.05) is 151 Å². The van der Waals surface area contributed by atoms with Crippen LogP contribution in [0.25, 0.3) is 44.2 Å². The van der Waals surface area contributed by atoms with E-state index in [1.807, 2.05) is 0 Å². The van der Waals surface area contributed by atoms with Gasteiger partial charge < -0.3 is 4.90 Å². The molecule has 0 radical (unpaired) electrons. The number of fused-ring (bicyclic) bond motifs is 11. The summed E-state index contributed by atoms with van der Waals surface area (Å²) in [5, 5.41) is 2.46. The van der Waals surface area contributed by atoms with Gasteiger partial charge in [-0.25, -0.2) is 0 Å². The summed E-state index contributed by atoms with van der Waals surface area (Å²) in [6.45, 7) is 0. The molecule has 49 heavy (non-hydrogen) atoms. The lowest BCUT2D eigenvalue weighted by atomic mass is 9.70. The van der Waals surface area contributed by atoms with Crippen LogP contribution in [0.4, 0.5) is 17.1 Å². The van der Waals surface area contributed by atoms with Gasteiger partial charge in [0.05, 0.1) is 5.41 Å². The van der Waals surface area contributed by atoms with Gasteiger partial charge >= 0.3 is 0 Å². The molecule has 0 saturated heterocycles. The molecular formula is C47H32BN. The third-order valence-corrected chi connectivity index (χ3v) is 10.7. The monoisotopic (exact) mass is 621 g/mol. The first-order valence-electron chi connectivity index (χ1n) is 17.1. The number of hydrogen-bond donors (Lipinski definition) is 0. The zero-order chi connectivity index (χ0) is 32.5. The minimum Gasteiger partial charge on any atom is -0.310 e. The van der Waals surface area contributed by atoms with Gasteiger partial charge in [-0.3, -0.25) is 0 Å². The highest BCUT2D eigenvalue weighted by Gasteiger charge is 2.51. The summed E-state index contributed by atoms with van der Waals surface area (Å²) in [5.74, 6) is 0. The Bertz CT molecular complexity index is 2520. The second-order valence-electron chi connectivity index (χ2n) is 13.4. The van der Waals surface area contributed by atoms with E-state index in [4.69, 9.17) is 0 Å². The molecule has 0 N–H and O–H groups in total. The summed E-state index contributed by atoms with van der Waals surface area (Å²) < 4.78 is 0. The molecule has 0 aliphatic heterocycles. The van der Waals surface area contributed by atoms with E-state index in [-0.39, 0.29) is 0 Å². The molecule has 0 bridgehead atoms. The van der Waals surface area contributed by atoms with Crippen LogP contribution < -0.4 is 10.4 Å². The normalized spacial score (nSPS) is 13.1. The zero-order valence-electron chi connectivity index (χ0n) is 27.3. The van der Waals surface area contributed by atoms with Gasteiger partial charge in [0, 0.05) is 17.1 Å². The maximum Gasteiger partial charge on any atom is 0.139 e. The molecule has 228 valence electrons. The third-order valence-electron chi connectivity index (χ3n) is 10.7. The second-order valence-corrected chi connectivity index (χ2v) is 13.4. The molecule has 10 rings (SSSR count). The lowest BCUT2D eigenvalue weighted by molar-refractivity contribution is 0.793. The van der Waals surface area contributed by atoms with E-state index in [1.54, 1.807) is 0 Å². The Morgan fingerprint density at radius 2 is 0.878 bits per heavy atom. The van der Waals surface area contributed by atoms with Gasteiger partial charge in [-0.05, 0) is 103 Å². The van der Waals surface area contributed by atoms with Gasteiger partial charge in [0.1, 0.15) is 7.85 Å². The predicted octanol–water partition coefficient (Wildman–Crippen LogP) is 10.6. The van der Waals surface area contributed by atoms with E-state index in [0.29, 0.717) is 0 Å². The molecule has 2 aliphatic carbocycles. The highest BCUT2D eigenvalue weighted by molar-refractivity contribution is 6.32. The number of nitrogens with zero attached hydrogens (tertiary/aromatic N) is 1. The van der Waals surface area contributed by atoms with Crippen LogP contribution in [0.2, 0.25) is 0 Å². The van der Waals surface area contributed by atoms with Crippen molar-refractivity contribution in [3.63, 3.8) is 0 Å². The Balaban J connectivity index is 1.24. The molecular weight excluding hydrogens is 589 g/mol. The standard InChI is InChI=1S/C47H32BN/c48-35-23-20-32(21-24-35)34-12-9-13-36(28-34)49(37-25-22-31-10-1-2-11-33(31)29-37)38-26-27-42-41-16-5-8-19-45(41)47(46(42)30-38)43-17-6-3-14-39(43)40-15-4-7-18-44(40)47/h1-30H,48H2. The Labute approximate surface area is 288 Å². The van der Waals surface area contributed by atoms with Gasteiger partial charge in [-0.15, -0.1) is 0 Å². The molecule has 8 aromatic rings. The van der Waals surface area contributed by atoms with E-state index in [2.05, 4.69) is 195 Å². The van der Waals surface area contributed by atoms with Crippen molar-refractivity contribution in [3.05, 3.63) is 204 Å². The first-order valence-corrected chi connectivity index (χ1v) is 17.1. The van der Waals surface area contributed by atoms with Crippen molar-refractivity contribution in [1.82, 2.24) is 0 Å². The average molecular weight is 622 g/mol. The maximum absolute atomic E-state index is 2.47. The van der Waals surface area contributed by atoms with Gasteiger partial charge in [-0.2, -0.15) is 0 Å². The molecule has 0 saturated carbocycles. The SMILES string of the molecule is Bc1ccc(-c2cccc(N(c3ccc4c(c3)C3(c5ccccc5-c5ccccc53)c3ccccc3-4)c3ccc4ccccc4c3)c2)cc1. The molecule has 1 nitrogen and oxygen atoms in total. The van der Waals surface area contributed by atoms with Crippen LogP contribution in [0.5, 0.6) is 0 Å². The first-order chi connectivity index (χ1) is 24.2. The van der Waals surface area contributed by atoms with Gasteiger partial charge in [0.2, 0.25) is 0 Å². The van der Waals surface area contributed by atoms with Crippen molar-refractivity contribution in [1.29, 1.82) is 0 Å². The Morgan fingerprint density at radius 3 is 1.55 bits per heavy atom. The number of anilines is 3. The highest BCUT2D eigenvalue weighted by atomic mass is 15.1. The number of rotatable bonds is 4. The molecule has 0 fully saturated rings. The summed E-state index contributed by atoms with van der Waals surface area (Å²) >= 11 is 0. The van der Waals surface area contributed by atoms with Crippen molar-refractivity contribution in [2.45, 2.75) is 5.41 Å². The molecule has 2 aliphatic rings. The second kappa shape index (κ2) is 10.7. The van der Waals surface area contributed by atoms with E-state index in [0.717, 1.165) is 17.1 Å². The van der Waals surface area contributed by atoms with Crippen LogP contribution in [0.15, 0.2) is 182 Å². The quantitative estimate of drug-likeness (QED) is 0.177. The predicted molar refractivity (Wildman–Crippen MR) is 209 cm³/mol. The molecule has 0 amide bonds. The van der Waals surface area contributed by atoms with E-state index in [1.165, 1.54) is 71.9 Å². The van der Waals surface area contributed by atoms with Crippen molar-refractivity contribution in [3.8, 4) is 33.4 Å². The van der Waals surface area contributed by atoms with Gasteiger partial charge in [0.15, 0.2) is 0 Å². The Hall–Kier alpha value is -6.12. The minimum absolute atomic E-state index is 0.395. The van der Waals surface area contributed by atoms with Crippen molar-refractivity contribution >= 4 is 41.1 Å². The summed E-state index contributed by atoms with van der Waals surface area (Å²) in [4.78, 5) is 2.44.